The van der Waals surface area contributed by atoms with E-state index in [0.717, 1.165) is 43.2 Å². The second-order valence-corrected chi connectivity index (χ2v) is 5.61. The summed E-state index contributed by atoms with van der Waals surface area (Å²) in [6.45, 7) is 2.53. The van der Waals surface area contributed by atoms with Crippen LogP contribution in [-0.2, 0) is 16.1 Å². The Morgan fingerprint density at radius 3 is 2.87 bits per heavy atom. The highest BCUT2D eigenvalue weighted by atomic mass is 16.5. The number of dihydropyridines is 1. The van der Waals surface area contributed by atoms with Crippen LogP contribution in [0.3, 0.4) is 0 Å². The van der Waals surface area contributed by atoms with Gasteiger partial charge < -0.3 is 19.7 Å². The second-order valence-electron chi connectivity index (χ2n) is 5.61. The van der Waals surface area contributed by atoms with Gasteiger partial charge in [-0.1, -0.05) is 30.3 Å². The minimum Gasteiger partial charge on any atom is -0.501 e. The fourth-order valence-corrected chi connectivity index (χ4v) is 2.58. The van der Waals surface area contributed by atoms with Crippen molar-refractivity contribution in [3.8, 4) is 0 Å². The molecule has 0 unspecified atom stereocenters. The van der Waals surface area contributed by atoms with Gasteiger partial charge in [-0.2, -0.15) is 0 Å². The molecular weight excluding hydrogens is 294 g/mol. The number of alkyl carbamates (subject to hydrolysis) is 1. The first-order chi connectivity index (χ1) is 11.2. The van der Waals surface area contributed by atoms with Crippen LogP contribution in [0.5, 0.6) is 0 Å². The molecule has 1 saturated heterocycles. The lowest BCUT2D eigenvalue weighted by Crippen LogP contribution is -2.61. The molecule has 0 aromatic heterocycles. The van der Waals surface area contributed by atoms with Crippen LogP contribution < -0.4 is 5.32 Å². The predicted octanol–water partition coefficient (Wildman–Crippen LogP) is 1.93. The number of hydrogen-bond acceptors (Lipinski definition) is 5. The van der Waals surface area contributed by atoms with Crippen LogP contribution in [0.2, 0.25) is 0 Å². The topological polar surface area (TPSA) is 63.2 Å². The molecule has 2 heterocycles. The van der Waals surface area contributed by atoms with Crippen molar-refractivity contribution in [3.63, 3.8) is 0 Å². The summed E-state index contributed by atoms with van der Waals surface area (Å²) in [6.07, 6.45) is 2.44. The number of nitrogens with zero attached hydrogens (tertiary/aromatic N) is 2. The fraction of sp³-hybridized carbons (Fsp3) is 0.412. The zero-order valence-electron chi connectivity index (χ0n) is 13.2. The maximum absolute atomic E-state index is 11.8. The van der Waals surface area contributed by atoms with Gasteiger partial charge in [0.2, 0.25) is 0 Å². The average Bonchev–Trinajstić information content (AvgIpc) is 2.57. The van der Waals surface area contributed by atoms with Crippen molar-refractivity contribution in [1.82, 2.24) is 10.2 Å². The lowest BCUT2D eigenvalue weighted by molar-refractivity contribution is 0.121. The maximum Gasteiger partial charge on any atom is 0.407 e. The Kier molecular flexibility index (Phi) is 4.80. The number of likely N-dealkylation sites (tertiary alicyclic amines) is 1. The highest BCUT2D eigenvalue weighted by Gasteiger charge is 2.31. The van der Waals surface area contributed by atoms with Gasteiger partial charge in [0.05, 0.1) is 13.2 Å². The summed E-state index contributed by atoms with van der Waals surface area (Å²) in [7, 11) is 1.68. The molecule has 6 heteroatoms. The lowest BCUT2D eigenvalue weighted by atomic mass is 10.1. The third-order valence-electron chi connectivity index (χ3n) is 3.92. The van der Waals surface area contributed by atoms with E-state index < -0.39 is 0 Å². The Hall–Kier alpha value is -2.50. The van der Waals surface area contributed by atoms with Crippen molar-refractivity contribution in [1.29, 1.82) is 0 Å². The van der Waals surface area contributed by atoms with E-state index in [4.69, 9.17) is 9.47 Å². The van der Waals surface area contributed by atoms with E-state index in [9.17, 15) is 4.79 Å². The molecule has 1 aromatic carbocycles. The van der Waals surface area contributed by atoms with Gasteiger partial charge in [0.15, 0.2) is 0 Å². The van der Waals surface area contributed by atoms with Gasteiger partial charge in [-0.15, -0.1) is 0 Å². The third-order valence-corrected chi connectivity index (χ3v) is 3.92. The van der Waals surface area contributed by atoms with Crippen molar-refractivity contribution in [2.24, 2.45) is 4.99 Å². The number of ether oxygens (including phenoxy) is 2. The molecule has 122 valence electrons. The normalized spacial score (nSPS) is 17.7. The molecule has 2 aliphatic heterocycles. The number of nitrogens with one attached hydrogen (secondary N) is 1. The summed E-state index contributed by atoms with van der Waals surface area (Å²) in [4.78, 5) is 18.4. The molecule has 0 spiro atoms. The molecule has 0 atom stereocenters. The molecule has 0 aliphatic carbocycles. The first kappa shape index (κ1) is 15.4. The number of amides is 1. The van der Waals surface area contributed by atoms with Crippen LogP contribution in [-0.4, -0.2) is 49.6 Å². The zero-order chi connectivity index (χ0) is 16.1. The van der Waals surface area contributed by atoms with E-state index in [0.29, 0.717) is 0 Å². The molecule has 2 aliphatic rings. The molecule has 1 aromatic rings. The molecular formula is C17H21N3O3. The SMILES string of the molecule is COC1=CC(N2CC(NC(=O)OCc3ccccc3)C2)=NCC1. The molecule has 0 saturated carbocycles. The van der Waals surface area contributed by atoms with Crippen molar-refractivity contribution in [2.45, 2.75) is 19.1 Å². The summed E-state index contributed by atoms with van der Waals surface area (Å²) in [5, 5.41) is 2.87. The van der Waals surface area contributed by atoms with E-state index in [2.05, 4.69) is 15.2 Å². The number of benzene rings is 1. The van der Waals surface area contributed by atoms with Crippen molar-refractivity contribution >= 4 is 11.9 Å². The Bertz CT molecular complexity index is 607. The predicted molar refractivity (Wildman–Crippen MR) is 87.1 cm³/mol. The Morgan fingerprint density at radius 1 is 1.35 bits per heavy atom. The second kappa shape index (κ2) is 7.17. The maximum atomic E-state index is 11.8. The Labute approximate surface area is 135 Å². The van der Waals surface area contributed by atoms with E-state index in [1.54, 1.807) is 7.11 Å². The van der Waals surface area contributed by atoms with Crippen LogP contribution in [0.15, 0.2) is 47.2 Å². The minimum atomic E-state index is -0.378. The van der Waals surface area contributed by atoms with Gasteiger partial charge in [0.1, 0.15) is 18.2 Å². The monoisotopic (exact) mass is 315 g/mol. The largest absolute Gasteiger partial charge is 0.501 e. The van der Waals surface area contributed by atoms with Gasteiger partial charge in [-0.3, -0.25) is 4.99 Å². The van der Waals surface area contributed by atoms with Gasteiger partial charge >= 0.3 is 6.09 Å². The number of carbonyl (C=O) groups is 1. The van der Waals surface area contributed by atoms with Gasteiger partial charge in [-0.25, -0.2) is 4.79 Å². The molecule has 0 radical (unpaired) electrons. The number of methoxy groups -OCH3 is 1. The first-order valence-corrected chi connectivity index (χ1v) is 7.76. The average molecular weight is 315 g/mol. The molecule has 1 fully saturated rings. The summed E-state index contributed by atoms with van der Waals surface area (Å²) < 4.78 is 10.5. The molecule has 23 heavy (non-hydrogen) atoms. The number of carbonyl (C=O) groups excluding carboxylic acids is 1. The number of aliphatic imine (C=N–C) groups is 1. The molecule has 1 N–H and O–H groups in total. The van der Waals surface area contributed by atoms with Crippen LogP contribution in [0, 0.1) is 0 Å². The Balaban J connectivity index is 1.39. The molecule has 1 amide bonds. The zero-order valence-corrected chi connectivity index (χ0v) is 13.2. The summed E-state index contributed by atoms with van der Waals surface area (Å²) >= 11 is 0. The molecule has 0 bridgehead atoms. The van der Waals surface area contributed by atoms with Crippen LogP contribution in [0.4, 0.5) is 4.79 Å². The summed E-state index contributed by atoms with van der Waals surface area (Å²) in [5.74, 6) is 1.89. The quantitative estimate of drug-likeness (QED) is 0.922. The molecule has 3 rings (SSSR count). The standard InChI is InChI=1S/C17H21N3O3/c1-22-15-7-8-18-16(9-15)20-10-14(11-20)19-17(21)23-12-13-5-3-2-4-6-13/h2-6,9,14H,7-8,10-12H2,1H3,(H,19,21). The summed E-state index contributed by atoms with van der Waals surface area (Å²) in [5.41, 5.74) is 0.978. The lowest BCUT2D eigenvalue weighted by Gasteiger charge is -2.41. The van der Waals surface area contributed by atoms with Gasteiger partial charge in [0, 0.05) is 32.1 Å². The highest BCUT2D eigenvalue weighted by Crippen LogP contribution is 2.16. The van der Waals surface area contributed by atoms with Crippen LogP contribution >= 0.6 is 0 Å². The van der Waals surface area contributed by atoms with E-state index in [-0.39, 0.29) is 18.7 Å². The number of amidine groups is 1. The first-order valence-electron chi connectivity index (χ1n) is 7.76. The smallest absolute Gasteiger partial charge is 0.407 e. The number of hydrogen-bond donors (Lipinski definition) is 1. The summed E-state index contributed by atoms with van der Waals surface area (Å²) in [6, 6.07) is 9.74. The highest BCUT2D eigenvalue weighted by molar-refractivity contribution is 5.94. The third kappa shape index (κ3) is 4.03. The molecule has 6 nitrogen and oxygen atoms in total. The van der Waals surface area contributed by atoms with Crippen molar-refractivity contribution in [2.75, 3.05) is 26.7 Å². The van der Waals surface area contributed by atoms with Crippen molar-refractivity contribution < 1.29 is 14.3 Å². The van der Waals surface area contributed by atoms with Gasteiger partial charge in [-0.05, 0) is 5.56 Å². The minimum absolute atomic E-state index is 0.0993. The van der Waals surface area contributed by atoms with Crippen molar-refractivity contribution in [3.05, 3.63) is 47.7 Å². The van der Waals surface area contributed by atoms with E-state index >= 15 is 0 Å². The van der Waals surface area contributed by atoms with E-state index in [1.807, 2.05) is 36.4 Å². The Morgan fingerprint density at radius 2 is 2.13 bits per heavy atom. The number of rotatable bonds is 4. The van der Waals surface area contributed by atoms with Gasteiger partial charge in [0.25, 0.3) is 0 Å². The van der Waals surface area contributed by atoms with Crippen LogP contribution in [0.1, 0.15) is 12.0 Å². The fourth-order valence-electron chi connectivity index (χ4n) is 2.58. The van der Waals surface area contributed by atoms with E-state index in [1.165, 1.54) is 0 Å². The van der Waals surface area contributed by atoms with Crippen LogP contribution in [0.25, 0.3) is 0 Å².